The molecular formula is C11H11NO3. The zero-order valence-electron chi connectivity index (χ0n) is 8.40. The molecule has 15 heavy (non-hydrogen) atoms. The summed E-state index contributed by atoms with van der Waals surface area (Å²) in [5.41, 5.74) is 1.46. The molecule has 1 rings (SSSR count). The SMILES string of the molecule is COc1cc(CCOC=O)ccc1C#N. The highest BCUT2D eigenvalue weighted by Crippen LogP contribution is 2.19. The zero-order valence-corrected chi connectivity index (χ0v) is 8.40. The van der Waals surface area contributed by atoms with Gasteiger partial charge < -0.3 is 9.47 Å². The molecule has 0 amide bonds. The van der Waals surface area contributed by atoms with E-state index in [0.717, 1.165) is 5.56 Å². The quantitative estimate of drug-likeness (QED) is 0.536. The van der Waals surface area contributed by atoms with E-state index in [4.69, 9.17) is 10.00 Å². The molecule has 1 aromatic rings. The van der Waals surface area contributed by atoms with E-state index in [0.29, 0.717) is 30.8 Å². The summed E-state index contributed by atoms with van der Waals surface area (Å²) in [7, 11) is 1.52. The molecule has 0 saturated heterocycles. The first-order valence-electron chi connectivity index (χ1n) is 4.44. The Morgan fingerprint density at radius 3 is 2.93 bits per heavy atom. The number of benzene rings is 1. The van der Waals surface area contributed by atoms with Crippen LogP contribution in [-0.2, 0) is 16.0 Å². The van der Waals surface area contributed by atoms with Gasteiger partial charge in [0.2, 0.25) is 0 Å². The highest BCUT2D eigenvalue weighted by Gasteiger charge is 2.03. The fourth-order valence-corrected chi connectivity index (χ4v) is 1.21. The van der Waals surface area contributed by atoms with E-state index in [-0.39, 0.29) is 0 Å². The molecule has 4 heteroatoms. The second-order valence-electron chi connectivity index (χ2n) is 2.86. The number of rotatable bonds is 5. The van der Waals surface area contributed by atoms with Crippen LogP contribution in [0.2, 0.25) is 0 Å². The van der Waals surface area contributed by atoms with Gasteiger partial charge in [0.1, 0.15) is 11.8 Å². The third kappa shape index (κ3) is 2.99. The molecule has 1 aromatic carbocycles. The lowest BCUT2D eigenvalue weighted by Gasteiger charge is -2.05. The highest BCUT2D eigenvalue weighted by molar-refractivity contribution is 5.45. The van der Waals surface area contributed by atoms with Crippen molar-refractivity contribution in [2.24, 2.45) is 0 Å². The van der Waals surface area contributed by atoms with Gasteiger partial charge in [-0.25, -0.2) is 0 Å². The minimum Gasteiger partial charge on any atom is -0.495 e. The van der Waals surface area contributed by atoms with Crippen LogP contribution in [0.3, 0.4) is 0 Å². The van der Waals surface area contributed by atoms with E-state index in [9.17, 15) is 4.79 Å². The summed E-state index contributed by atoms with van der Waals surface area (Å²) in [6.45, 7) is 0.749. The number of hydrogen-bond acceptors (Lipinski definition) is 4. The number of hydrogen-bond donors (Lipinski definition) is 0. The monoisotopic (exact) mass is 205 g/mol. The molecule has 0 aliphatic heterocycles. The second kappa shape index (κ2) is 5.66. The van der Waals surface area contributed by atoms with Crippen LogP contribution in [0.5, 0.6) is 5.75 Å². The van der Waals surface area contributed by atoms with Crippen LogP contribution in [0, 0.1) is 11.3 Å². The summed E-state index contributed by atoms with van der Waals surface area (Å²) in [6, 6.07) is 7.30. The maximum absolute atomic E-state index is 9.93. The lowest BCUT2D eigenvalue weighted by Crippen LogP contribution is -1.97. The number of nitrogens with zero attached hydrogens (tertiary/aromatic N) is 1. The van der Waals surface area contributed by atoms with Crippen molar-refractivity contribution >= 4 is 6.47 Å². The van der Waals surface area contributed by atoms with Crippen molar-refractivity contribution in [3.8, 4) is 11.8 Å². The van der Waals surface area contributed by atoms with Crippen molar-refractivity contribution in [2.75, 3.05) is 13.7 Å². The summed E-state index contributed by atoms with van der Waals surface area (Å²) in [5.74, 6) is 0.543. The molecule has 0 N–H and O–H groups in total. The molecule has 0 aliphatic rings. The van der Waals surface area contributed by atoms with Gasteiger partial charge in [-0.1, -0.05) is 6.07 Å². The fraction of sp³-hybridized carbons (Fsp3) is 0.273. The van der Waals surface area contributed by atoms with Crippen molar-refractivity contribution in [2.45, 2.75) is 6.42 Å². The average molecular weight is 205 g/mol. The number of carbonyl (C=O) groups is 1. The number of methoxy groups -OCH3 is 1. The van der Waals surface area contributed by atoms with Gasteiger partial charge in [-0.15, -0.1) is 0 Å². The summed E-state index contributed by atoms with van der Waals surface area (Å²) in [4.78, 5) is 9.93. The van der Waals surface area contributed by atoms with Crippen molar-refractivity contribution in [1.29, 1.82) is 5.26 Å². The number of ether oxygens (including phenoxy) is 2. The summed E-state index contributed by atoms with van der Waals surface area (Å²) in [6.07, 6.45) is 0.612. The Bertz CT molecular complexity index is 382. The van der Waals surface area contributed by atoms with E-state index in [1.165, 1.54) is 7.11 Å². The van der Waals surface area contributed by atoms with Gasteiger partial charge in [-0.2, -0.15) is 5.26 Å². The predicted molar refractivity (Wildman–Crippen MR) is 53.4 cm³/mol. The standard InChI is InChI=1S/C11H11NO3/c1-14-11-6-9(4-5-15-8-13)2-3-10(11)7-12/h2-3,6,8H,4-5H2,1H3. The molecule has 0 saturated carbocycles. The summed E-state index contributed by atoms with van der Waals surface area (Å²) < 4.78 is 9.63. The van der Waals surface area contributed by atoms with Gasteiger partial charge in [-0.05, 0) is 17.7 Å². The van der Waals surface area contributed by atoms with Gasteiger partial charge >= 0.3 is 0 Å². The zero-order chi connectivity index (χ0) is 11.1. The Kier molecular flexibility index (Phi) is 4.17. The normalized spacial score (nSPS) is 9.07. The molecule has 0 bridgehead atoms. The Hall–Kier alpha value is -2.02. The van der Waals surface area contributed by atoms with Gasteiger partial charge in [0, 0.05) is 6.42 Å². The van der Waals surface area contributed by atoms with Crippen LogP contribution >= 0.6 is 0 Å². The molecular weight excluding hydrogens is 194 g/mol. The van der Waals surface area contributed by atoms with E-state index < -0.39 is 0 Å². The van der Waals surface area contributed by atoms with Gasteiger partial charge in [0.15, 0.2) is 0 Å². The van der Waals surface area contributed by atoms with Crippen LogP contribution in [-0.4, -0.2) is 20.2 Å². The molecule has 0 atom stereocenters. The fourth-order valence-electron chi connectivity index (χ4n) is 1.21. The van der Waals surface area contributed by atoms with E-state index in [1.807, 2.05) is 12.1 Å². The lowest BCUT2D eigenvalue weighted by atomic mass is 10.1. The maximum atomic E-state index is 9.93. The molecule has 0 fully saturated rings. The Morgan fingerprint density at radius 1 is 1.53 bits per heavy atom. The van der Waals surface area contributed by atoms with Crippen molar-refractivity contribution in [1.82, 2.24) is 0 Å². The summed E-state index contributed by atoms with van der Waals surface area (Å²) in [5, 5.41) is 8.75. The van der Waals surface area contributed by atoms with Crippen LogP contribution in [0.4, 0.5) is 0 Å². The van der Waals surface area contributed by atoms with Crippen molar-refractivity contribution in [3.05, 3.63) is 29.3 Å². The van der Waals surface area contributed by atoms with E-state index >= 15 is 0 Å². The summed E-state index contributed by atoms with van der Waals surface area (Å²) >= 11 is 0. The Labute approximate surface area is 88.0 Å². The predicted octanol–water partition coefficient (Wildman–Crippen LogP) is 1.28. The minimum absolute atomic E-state index is 0.332. The van der Waals surface area contributed by atoms with E-state index in [1.54, 1.807) is 12.1 Å². The van der Waals surface area contributed by atoms with Gasteiger partial charge in [0.25, 0.3) is 6.47 Å². The largest absolute Gasteiger partial charge is 0.495 e. The number of carbonyl (C=O) groups excluding carboxylic acids is 1. The van der Waals surface area contributed by atoms with Gasteiger partial charge in [0.05, 0.1) is 19.3 Å². The minimum atomic E-state index is 0.332. The number of nitriles is 1. The topological polar surface area (TPSA) is 59.3 Å². The van der Waals surface area contributed by atoms with Gasteiger partial charge in [-0.3, -0.25) is 4.79 Å². The molecule has 0 spiro atoms. The first-order valence-corrected chi connectivity index (χ1v) is 4.44. The smallest absolute Gasteiger partial charge is 0.293 e. The van der Waals surface area contributed by atoms with Crippen LogP contribution in [0.1, 0.15) is 11.1 Å². The third-order valence-electron chi connectivity index (χ3n) is 1.96. The average Bonchev–Trinajstić information content (AvgIpc) is 2.29. The maximum Gasteiger partial charge on any atom is 0.293 e. The first-order chi connectivity index (χ1) is 7.31. The molecule has 0 unspecified atom stereocenters. The molecule has 0 heterocycles. The second-order valence-corrected chi connectivity index (χ2v) is 2.86. The van der Waals surface area contributed by atoms with Crippen LogP contribution < -0.4 is 4.74 Å². The Morgan fingerprint density at radius 2 is 2.33 bits per heavy atom. The molecule has 0 aliphatic carbocycles. The molecule has 78 valence electrons. The molecule has 4 nitrogen and oxygen atoms in total. The van der Waals surface area contributed by atoms with Crippen molar-refractivity contribution in [3.63, 3.8) is 0 Å². The van der Waals surface area contributed by atoms with Crippen LogP contribution in [0.25, 0.3) is 0 Å². The highest BCUT2D eigenvalue weighted by atomic mass is 16.5. The Balaban J connectivity index is 2.75. The molecule has 0 aromatic heterocycles. The first kappa shape index (κ1) is 11.1. The third-order valence-corrected chi connectivity index (χ3v) is 1.96. The van der Waals surface area contributed by atoms with E-state index in [2.05, 4.69) is 4.74 Å². The molecule has 0 radical (unpaired) electrons. The van der Waals surface area contributed by atoms with Crippen LogP contribution in [0.15, 0.2) is 18.2 Å². The van der Waals surface area contributed by atoms with Crippen molar-refractivity contribution < 1.29 is 14.3 Å². The lowest BCUT2D eigenvalue weighted by molar-refractivity contribution is -0.128.